The molecule has 2 N–H and O–H groups in total. The van der Waals surface area contributed by atoms with Crippen LogP contribution in [0.25, 0.3) is 11.0 Å². The van der Waals surface area contributed by atoms with E-state index >= 15 is 0 Å². The maximum Gasteiger partial charge on any atom is 0.224 e. The van der Waals surface area contributed by atoms with Gasteiger partial charge in [0.05, 0.1) is 29.3 Å². The number of pyridine rings is 1. The van der Waals surface area contributed by atoms with Crippen molar-refractivity contribution in [1.29, 1.82) is 0 Å². The number of hydrogen-bond acceptors (Lipinski definition) is 4. The molecule has 0 radical (unpaired) electrons. The van der Waals surface area contributed by atoms with E-state index in [0.717, 1.165) is 59.5 Å². The van der Waals surface area contributed by atoms with Crippen LogP contribution in [-0.2, 0) is 11.2 Å². The van der Waals surface area contributed by atoms with Crippen molar-refractivity contribution in [1.82, 2.24) is 20.3 Å². The number of fused-ring (bicyclic) bond motifs is 1. The van der Waals surface area contributed by atoms with Gasteiger partial charge in [-0.25, -0.2) is 4.98 Å². The van der Waals surface area contributed by atoms with Crippen LogP contribution in [-0.4, -0.2) is 33.0 Å². The summed E-state index contributed by atoms with van der Waals surface area (Å²) in [5.41, 5.74) is 3.83. The summed E-state index contributed by atoms with van der Waals surface area (Å²) in [5, 5.41) is 3.18. The first-order valence-corrected chi connectivity index (χ1v) is 9.90. The Kier molecular flexibility index (Phi) is 5.28. The van der Waals surface area contributed by atoms with Gasteiger partial charge in [-0.3, -0.25) is 9.78 Å². The van der Waals surface area contributed by atoms with Gasteiger partial charge in [-0.1, -0.05) is 6.07 Å². The molecule has 0 unspecified atom stereocenters. The van der Waals surface area contributed by atoms with Crippen LogP contribution in [0.15, 0.2) is 36.5 Å². The Hall–Kier alpha value is -2.89. The van der Waals surface area contributed by atoms with Crippen LogP contribution in [0, 0.1) is 13.8 Å². The van der Waals surface area contributed by atoms with Gasteiger partial charge in [0.1, 0.15) is 11.6 Å². The Labute approximate surface area is 164 Å². The first kappa shape index (κ1) is 18.5. The number of benzene rings is 1. The van der Waals surface area contributed by atoms with E-state index in [0.29, 0.717) is 6.42 Å². The third-order valence-electron chi connectivity index (χ3n) is 5.32. The number of hydrogen-bond donors (Lipinski definition) is 2. The number of aromatic amines is 1. The van der Waals surface area contributed by atoms with E-state index in [-0.39, 0.29) is 18.1 Å². The van der Waals surface area contributed by atoms with Crippen molar-refractivity contribution in [2.45, 2.75) is 58.1 Å². The molecule has 146 valence electrons. The highest BCUT2D eigenvalue weighted by Crippen LogP contribution is 2.25. The third-order valence-corrected chi connectivity index (χ3v) is 5.32. The molecule has 6 nitrogen and oxygen atoms in total. The lowest BCUT2D eigenvalue weighted by atomic mass is 9.92. The molecule has 3 aromatic rings. The molecule has 0 bridgehead atoms. The van der Waals surface area contributed by atoms with Crippen LogP contribution < -0.4 is 10.1 Å². The highest BCUT2D eigenvalue weighted by Gasteiger charge is 2.24. The van der Waals surface area contributed by atoms with Gasteiger partial charge < -0.3 is 15.0 Å². The second-order valence-electron chi connectivity index (χ2n) is 7.60. The Morgan fingerprint density at radius 3 is 2.82 bits per heavy atom. The monoisotopic (exact) mass is 378 g/mol. The van der Waals surface area contributed by atoms with Crippen molar-refractivity contribution < 1.29 is 9.53 Å². The van der Waals surface area contributed by atoms with E-state index in [1.165, 1.54) is 0 Å². The van der Waals surface area contributed by atoms with Crippen molar-refractivity contribution >= 4 is 16.9 Å². The summed E-state index contributed by atoms with van der Waals surface area (Å²) < 4.78 is 6.09. The molecule has 2 heterocycles. The van der Waals surface area contributed by atoms with Gasteiger partial charge in [-0.15, -0.1) is 0 Å². The number of amides is 1. The molecule has 0 aliphatic heterocycles. The average molecular weight is 378 g/mol. The van der Waals surface area contributed by atoms with Crippen LogP contribution in [0.3, 0.4) is 0 Å². The molecule has 1 fully saturated rings. The second kappa shape index (κ2) is 8.00. The van der Waals surface area contributed by atoms with E-state index in [2.05, 4.69) is 20.3 Å². The Balaban J connectivity index is 1.27. The number of aromatic nitrogens is 3. The zero-order chi connectivity index (χ0) is 19.5. The standard InChI is InChI=1S/C22H26N4O2/c1-14-21(4-3-11-23-14)28-18-8-6-17(7-9-18)26-22(27)13-16-5-10-19-20(12-16)25-15(2)24-19/h3-5,10-12,17-18H,6-9,13H2,1-2H3,(H,24,25)(H,26,27). The summed E-state index contributed by atoms with van der Waals surface area (Å²) in [4.78, 5) is 24.4. The number of carbonyl (C=O) groups excluding carboxylic acids is 1. The molecule has 1 aromatic carbocycles. The molecular formula is C22H26N4O2. The number of ether oxygens (including phenoxy) is 1. The number of carbonyl (C=O) groups is 1. The molecular weight excluding hydrogens is 352 g/mol. The highest BCUT2D eigenvalue weighted by molar-refractivity contribution is 5.81. The predicted octanol–water partition coefficient (Wildman–Crippen LogP) is 3.62. The van der Waals surface area contributed by atoms with Gasteiger partial charge in [-0.2, -0.15) is 0 Å². The van der Waals surface area contributed by atoms with Crippen molar-refractivity contribution in [3.63, 3.8) is 0 Å². The smallest absolute Gasteiger partial charge is 0.224 e. The van der Waals surface area contributed by atoms with E-state index in [9.17, 15) is 4.79 Å². The van der Waals surface area contributed by atoms with Gasteiger partial charge in [0.25, 0.3) is 0 Å². The third kappa shape index (κ3) is 4.32. The van der Waals surface area contributed by atoms with Gasteiger partial charge in [0.2, 0.25) is 5.91 Å². The average Bonchev–Trinajstić information content (AvgIpc) is 3.04. The Bertz CT molecular complexity index is 974. The number of nitrogens with zero attached hydrogens (tertiary/aromatic N) is 2. The van der Waals surface area contributed by atoms with Crippen molar-refractivity contribution in [2.24, 2.45) is 0 Å². The molecule has 1 saturated carbocycles. The summed E-state index contributed by atoms with van der Waals surface area (Å²) in [6.45, 7) is 3.89. The number of nitrogens with one attached hydrogen (secondary N) is 2. The normalized spacial score (nSPS) is 19.5. The minimum absolute atomic E-state index is 0.0723. The summed E-state index contributed by atoms with van der Waals surface area (Å²) in [5.74, 6) is 1.82. The minimum atomic E-state index is 0.0723. The summed E-state index contributed by atoms with van der Waals surface area (Å²) >= 11 is 0. The van der Waals surface area contributed by atoms with E-state index in [4.69, 9.17) is 4.74 Å². The van der Waals surface area contributed by atoms with Crippen LogP contribution in [0.5, 0.6) is 5.75 Å². The Morgan fingerprint density at radius 1 is 1.21 bits per heavy atom. The van der Waals surface area contributed by atoms with E-state index < -0.39 is 0 Å². The number of rotatable bonds is 5. The summed E-state index contributed by atoms with van der Waals surface area (Å²) in [7, 11) is 0. The van der Waals surface area contributed by atoms with Gasteiger partial charge in [0, 0.05) is 12.2 Å². The quantitative estimate of drug-likeness (QED) is 0.711. The molecule has 1 aliphatic carbocycles. The number of aryl methyl sites for hydroxylation is 2. The topological polar surface area (TPSA) is 79.9 Å². The largest absolute Gasteiger partial charge is 0.489 e. The maximum atomic E-state index is 12.5. The van der Waals surface area contributed by atoms with E-state index in [1.807, 2.05) is 44.2 Å². The zero-order valence-corrected chi connectivity index (χ0v) is 16.4. The SMILES string of the molecule is Cc1nc2ccc(CC(=O)NC3CCC(Oc4cccnc4C)CC3)cc2[nH]1. The molecule has 2 aromatic heterocycles. The number of imidazole rings is 1. The lowest BCUT2D eigenvalue weighted by Gasteiger charge is -2.29. The molecule has 28 heavy (non-hydrogen) atoms. The first-order valence-electron chi connectivity index (χ1n) is 9.90. The van der Waals surface area contributed by atoms with Crippen LogP contribution >= 0.6 is 0 Å². The highest BCUT2D eigenvalue weighted by atomic mass is 16.5. The van der Waals surface area contributed by atoms with Crippen LogP contribution in [0.2, 0.25) is 0 Å². The summed E-state index contributed by atoms with van der Waals surface area (Å²) in [6.07, 6.45) is 6.13. The van der Waals surface area contributed by atoms with Crippen LogP contribution in [0.1, 0.15) is 42.8 Å². The molecule has 1 aliphatic rings. The van der Waals surface area contributed by atoms with Crippen molar-refractivity contribution in [2.75, 3.05) is 0 Å². The minimum Gasteiger partial charge on any atom is -0.489 e. The van der Waals surface area contributed by atoms with Crippen molar-refractivity contribution in [3.05, 3.63) is 53.6 Å². The fraction of sp³-hybridized carbons (Fsp3) is 0.409. The van der Waals surface area contributed by atoms with E-state index in [1.54, 1.807) is 6.20 Å². The molecule has 1 amide bonds. The van der Waals surface area contributed by atoms with Gasteiger partial charge >= 0.3 is 0 Å². The van der Waals surface area contributed by atoms with Crippen LogP contribution in [0.4, 0.5) is 0 Å². The van der Waals surface area contributed by atoms with Crippen molar-refractivity contribution in [3.8, 4) is 5.75 Å². The fourth-order valence-corrected chi connectivity index (χ4v) is 3.86. The molecule has 0 spiro atoms. The van der Waals surface area contributed by atoms with Gasteiger partial charge in [0.15, 0.2) is 0 Å². The maximum absolute atomic E-state index is 12.5. The lowest BCUT2D eigenvalue weighted by Crippen LogP contribution is -2.40. The van der Waals surface area contributed by atoms with Gasteiger partial charge in [-0.05, 0) is 69.4 Å². The fourth-order valence-electron chi connectivity index (χ4n) is 3.86. The predicted molar refractivity (Wildman–Crippen MR) is 108 cm³/mol. The zero-order valence-electron chi connectivity index (χ0n) is 16.4. The molecule has 6 heteroatoms. The Morgan fingerprint density at radius 2 is 2.04 bits per heavy atom. The second-order valence-corrected chi connectivity index (χ2v) is 7.60. The number of H-pyrrole nitrogens is 1. The summed E-state index contributed by atoms with van der Waals surface area (Å²) in [6, 6.07) is 10.0. The molecule has 0 atom stereocenters. The molecule has 0 saturated heterocycles. The lowest BCUT2D eigenvalue weighted by molar-refractivity contribution is -0.121. The first-order chi connectivity index (χ1) is 13.6. The molecule has 4 rings (SSSR count).